The summed E-state index contributed by atoms with van der Waals surface area (Å²) >= 11 is 6.92. The molecule has 0 saturated heterocycles. The molecule has 108 valence electrons. The second-order valence-corrected chi connectivity index (χ2v) is 6.15. The van der Waals surface area contributed by atoms with Crippen molar-refractivity contribution in [2.24, 2.45) is 5.10 Å². The molecular formula is C16H11N3OS2. The lowest BCUT2D eigenvalue weighted by Gasteiger charge is -2.32. The molecule has 2 aromatic carbocycles. The monoisotopic (exact) mass is 325 g/mol. The van der Waals surface area contributed by atoms with Crippen molar-refractivity contribution in [2.45, 2.75) is 0 Å². The van der Waals surface area contributed by atoms with Crippen LogP contribution >= 0.6 is 24.0 Å². The number of fused-ring (bicyclic) bond motifs is 1. The van der Waals surface area contributed by atoms with Crippen LogP contribution in [0.25, 0.3) is 0 Å². The zero-order chi connectivity index (χ0) is 14.9. The number of hydrazone groups is 1. The summed E-state index contributed by atoms with van der Waals surface area (Å²) in [5.74, 6) is 1.22. The molecule has 0 saturated carbocycles. The summed E-state index contributed by atoms with van der Waals surface area (Å²) in [6.07, 6.45) is 0. The third kappa shape index (κ3) is 2.26. The van der Waals surface area contributed by atoms with Gasteiger partial charge in [0.05, 0.1) is 5.69 Å². The fraction of sp³-hybridized carbons (Fsp3) is 0. The molecule has 0 bridgehead atoms. The molecule has 2 heterocycles. The molecule has 0 fully saturated rings. The molecular weight excluding hydrogens is 314 g/mol. The molecule has 2 aliphatic rings. The first-order valence-electron chi connectivity index (χ1n) is 6.71. The van der Waals surface area contributed by atoms with Crippen LogP contribution in [0.3, 0.4) is 0 Å². The first kappa shape index (κ1) is 13.4. The lowest BCUT2D eigenvalue weighted by atomic mass is 10.2. The van der Waals surface area contributed by atoms with Crippen molar-refractivity contribution in [3.8, 4) is 0 Å². The Bertz CT molecular complexity index is 774. The van der Waals surface area contributed by atoms with Gasteiger partial charge in [-0.3, -0.25) is 0 Å². The van der Waals surface area contributed by atoms with E-state index in [-0.39, 0.29) is 0 Å². The van der Waals surface area contributed by atoms with Crippen molar-refractivity contribution in [1.29, 1.82) is 0 Å². The van der Waals surface area contributed by atoms with E-state index < -0.39 is 0 Å². The zero-order valence-corrected chi connectivity index (χ0v) is 13.1. The van der Waals surface area contributed by atoms with Gasteiger partial charge in [-0.1, -0.05) is 60.4 Å². The van der Waals surface area contributed by atoms with Gasteiger partial charge in [0.15, 0.2) is 4.32 Å². The number of para-hydroxylation sites is 1. The Morgan fingerprint density at radius 3 is 2.36 bits per heavy atom. The third-order valence-corrected chi connectivity index (χ3v) is 4.38. The van der Waals surface area contributed by atoms with Gasteiger partial charge in [-0.05, 0) is 24.3 Å². The second-order valence-electron chi connectivity index (χ2n) is 4.65. The highest BCUT2D eigenvalue weighted by Gasteiger charge is 2.34. The Balaban J connectivity index is 1.74. The normalized spacial score (nSPS) is 16.8. The van der Waals surface area contributed by atoms with Crippen molar-refractivity contribution in [3.05, 3.63) is 77.5 Å². The van der Waals surface area contributed by atoms with Crippen molar-refractivity contribution in [2.75, 3.05) is 5.01 Å². The van der Waals surface area contributed by atoms with E-state index >= 15 is 0 Å². The Kier molecular flexibility index (Phi) is 3.32. The number of thiocarbonyl (C=S) groups is 1. The lowest BCUT2D eigenvalue weighted by molar-refractivity contribution is 0.276. The van der Waals surface area contributed by atoms with Crippen LogP contribution in [-0.4, -0.2) is 15.3 Å². The summed E-state index contributed by atoms with van der Waals surface area (Å²) in [5, 5.41) is 10.0. The second kappa shape index (κ2) is 5.47. The molecule has 0 aliphatic carbocycles. The van der Waals surface area contributed by atoms with Crippen LogP contribution in [0.5, 0.6) is 0 Å². The van der Waals surface area contributed by atoms with Gasteiger partial charge in [-0.2, -0.15) is 0 Å². The van der Waals surface area contributed by atoms with Gasteiger partial charge in [0.25, 0.3) is 0 Å². The minimum absolute atomic E-state index is 0.568. The average molecular weight is 325 g/mol. The van der Waals surface area contributed by atoms with E-state index in [2.05, 4.69) is 5.10 Å². The van der Waals surface area contributed by atoms with E-state index in [4.69, 9.17) is 17.0 Å². The Morgan fingerprint density at radius 1 is 0.955 bits per heavy atom. The van der Waals surface area contributed by atoms with Crippen LogP contribution in [-0.2, 0) is 4.74 Å². The predicted octanol–water partition coefficient (Wildman–Crippen LogP) is 3.93. The van der Waals surface area contributed by atoms with Crippen LogP contribution < -0.4 is 5.01 Å². The smallest absolute Gasteiger partial charge is 0.248 e. The maximum Gasteiger partial charge on any atom is 0.248 e. The van der Waals surface area contributed by atoms with Gasteiger partial charge < -0.3 is 4.74 Å². The minimum atomic E-state index is 0.568. The molecule has 0 N–H and O–H groups in total. The molecule has 0 atom stereocenters. The van der Waals surface area contributed by atoms with Crippen LogP contribution in [0.1, 0.15) is 5.56 Å². The summed E-state index contributed by atoms with van der Waals surface area (Å²) in [4.78, 5) is 0. The molecule has 0 radical (unpaired) electrons. The number of anilines is 1. The van der Waals surface area contributed by atoms with Gasteiger partial charge in [0.1, 0.15) is 0 Å². The molecule has 0 unspecified atom stereocenters. The van der Waals surface area contributed by atoms with Crippen LogP contribution in [0.15, 0.2) is 77.1 Å². The number of hydrogen-bond acceptors (Lipinski definition) is 5. The quantitative estimate of drug-likeness (QED) is 0.780. The Hall–Kier alpha value is -2.31. The number of nitrogens with zero attached hydrogens (tertiary/aromatic N) is 3. The number of hydrazine groups is 1. The number of ether oxygens (including phenoxy) is 1. The highest BCUT2D eigenvalue weighted by molar-refractivity contribution is 8.25. The Labute approximate surface area is 137 Å². The van der Waals surface area contributed by atoms with E-state index in [1.54, 1.807) is 5.12 Å². The number of hydrogen-bond donors (Lipinski definition) is 0. The maximum absolute atomic E-state index is 5.87. The average Bonchev–Trinajstić information content (AvgIpc) is 3.00. The summed E-state index contributed by atoms with van der Waals surface area (Å²) in [7, 11) is 0. The summed E-state index contributed by atoms with van der Waals surface area (Å²) in [6.45, 7) is 0. The maximum atomic E-state index is 5.87. The standard InChI is InChI=1S/C16H11N3OS2/c21-16-18(13-9-5-2-6-10-13)19-14(11-22-16)20-15(17-19)12-7-3-1-4-8-12/h1-11H. The number of benzene rings is 2. The van der Waals surface area contributed by atoms with E-state index in [1.165, 1.54) is 11.8 Å². The highest BCUT2D eigenvalue weighted by atomic mass is 32.2. The topological polar surface area (TPSA) is 28.1 Å². The molecule has 0 amide bonds. The van der Waals surface area contributed by atoms with Gasteiger partial charge in [0, 0.05) is 11.0 Å². The zero-order valence-electron chi connectivity index (χ0n) is 11.4. The largest absolute Gasteiger partial charge is 0.416 e. The van der Waals surface area contributed by atoms with Crippen molar-refractivity contribution in [1.82, 2.24) is 5.12 Å². The molecule has 0 spiro atoms. The molecule has 4 nitrogen and oxygen atoms in total. The number of thioether (sulfide) groups is 1. The molecule has 2 aromatic rings. The fourth-order valence-electron chi connectivity index (χ4n) is 2.22. The Morgan fingerprint density at radius 2 is 1.64 bits per heavy atom. The summed E-state index contributed by atoms with van der Waals surface area (Å²) in [5.41, 5.74) is 1.88. The van der Waals surface area contributed by atoms with E-state index in [0.29, 0.717) is 16.1 Å². The van der Waals surface area contributed by atoms with Gasteiger partial charge in [-0.25, -0.2) is 5.01 Å². The van der Waals surface area contributed by atoms with Crippen LogP contribution in [0.2, 0.25) is 0 Å². The van der Waals surface area contributed by atoms with Gasteiger partial charge >= 0.3 is 0 Å². The third-order valence-electron chi connectivity index (χ3n) is 3.23. The molecule has 2 aliphatic heterocycles. The minimum Gasteiger partial charge on any atom is -0.416 e. The van der Waals surface area contributed by atoms with Gasteiger partial charge in [-0.15, -0.1) is 10.2 Å². The van der Waals surface area contributed by atoms with Crippen molar-refractivity contribution < 1.29 is 4.74 Å². The van der Waals surface area contributed by atoms with Crippen molar-refractivity contribution in [3.63, 3.8) is 0 Å². The first-order chi connectivity index (χ1) is 10.8. The van der Waals surface area contributed by atoms with E-state index in [0.717, 1.165) is 11.3 Å². The molecule has 6 heteroatoms. The SMILES string of the molecule is S=C1SC=C2OC(c3ccccc3)=NN2N1c1ccccc1. The predicted molar refractivity (Wildman–Crippen MR) is 93.1 cm³/mol. The van der Waals surface area contributed by atoms with Crippen LogP contribution in [0.4, 0.5) is 5.69 Å². The lowest BCUT2D eigenvalue weighted by Crippen LogP contribution is -2.41. The highest BCUT2D eigenvalue weighted by Crippen LogP contribution is 2.35. The molecule has 0 aromatic heterocycles. The molecule has 4 rings (SSSR count). The van der Waals surface area contributed by atoms with Crippen LogP contribution in [0, 0.1) is 0 Å². The van der Waals surface area contributed by atoms with E-state index in [1.807, 2.05) is 71.1 Å². The summed E-state index contributed by atoms with van der Waals surface area (Å²) < 4.78 is 6.57. The fourth-order valence-corrected chi connectivity index (χ4v) is 3.17. The van der Waals surface area contributed by atoms with E-state index in [9.17, 15) is 0 Å². The van der Waals surface area contributed by atoms with Crippen molar-refractivity contribution >= 4 is 39.9 Å². The molecule has 22 heavy (non-hydrogen) atoms. The number of rotatable bonds is 2. The first-order valence-corrected chi connectivity index (χ1v) is 7.99. The summed E-state index contributed by atoms with van der Waals surface area (Å²) in [6, 6.07) is 19.7. The van der Waals surface area contributed by atoms with Gasteiger partial charge in [0.2, 0.25) is 11.8 Å².